The Balaban J connectivity index is 1.72. The quantitative estimate of drug-likeness (QED) is 0.675. The van der Waals surface area contributed by atoms with Gasteiger partial charge in [-0.05, 0) is 29.9 Å². The molecule has 132 valence electrons. The van der Waals surface area contributed by atoms with Crippen molar-refractivity contribution in [2.45, 2.75) is 46.1 Å². The van der Waals surface area contributed by atoms with E-state index in [4.69, 9.17) is 4.42 Å². The number of hydrogen-bond acceptors (Lipinski definition) is 4. The number of aryl methyl sites for hydroxylation is 1. The first-order valence-corrected chi connectivity index (χ1v) is 8.35. The Labute approximate surface area is 146 Å². The van der Waals surface area contributed by atoms with Crippen molar-refractivity contribution in [2.24, 2.45) is 5.41 Å². The summed E-state index contributed by atoms with van der Waals surface area (Å²) in [6, 6.07) is 6.02. The fraction of sp³-hybridized carbons (Fsp3) is 0.421. The highest BCUT2D eigenvalue weighted by atomic mass is 16.6. The largest absolute Gasteiger partial charge is 0.469 e. The average Bonchev–Trinajstić information content (AvgIpc) is 2.87. The van der Waals surface area contributed by atoms with Gasteiger partial charge in [0.2, 0.25) is 5.91 Å². The summed E-state index contributed by atoms with van der Waals surface area (Å²) < 4.78 is 5.67. The number of nitrogens with zero attached hydrogens (tertiary/aromatic N) is 1. The molecule has 1 aromatic carbocycles. The van der Waals surface area contributed by atoms with Crippen LogP contribution in [0.3, 0.4) is 0 Å². The lowest BCUT2D eigenvalue weighted by atomic mass is 9.74. The third-order valence-corrected chi connectivity index (χ3v) is 4.69. The van der Waals surface area contributed by atoms with Crippen LogP contribution in [-0.4, -0.2) is 10.8 Å². The summed E-state index contributed by atoms with van der Waals surface area (Å²) in [4.78, 5) is 22.7. The molecule has 25 heavy (non-hydrogen) atoms. The maximum Gasteiger partial charge on any atom is 0.269 e. The zero-order valence-electron chi connectivity index (χ0n) is 14.7. The molecule has 3 rings (SSSR count). The standard InChI is InChI=1S/C19H22N2O4/c1-12-11-25-16-10-19(2,3)9-15(18(12)16)20-17(22)8-13-4-6-14(7-5-13)21(23)24/h4-7,11,15H,8-10H2,1-3H3,(H,20,22). The third kappa shape index (κ3) is 3.73. The lowest BCUT2D eigenvalue weighted by Gasteiger charge is -2.35. The number of nitrogens with one attached hydrogen (secondary N) is 1. The summed E-state index contributed by atoms with van der Waals surface area (Å²) in [6.45, 7) is 6.34. The number of benzene rings is 1. The molecule has 0 saturated carbocycles. The molecule has 0 bridgehead atoms. The minimum Gasteiger partial charge on any atom is -0.469 e. The van der Waals surface area contributed by atoms with Gasteiger partial charge in [0.15, 0.2) is 0 Å². The number of nitro groups is 1. The second-order valence-corrected chi connectivity index (χ2v) is 7.52. The number of fused-ring (bicyclic) bond motifs is 1. The van der Waals surface area contributed by atoms with Crippen molar-refractivity contribution in [3.63, 3.8) is 0 Å². The average molecular weight is 342 g/mol. The first kappa shape index (κ1) is 17.2. The van der Waals surface area contributed by atoms with E-state index >= 15 is 0 Å². The van der Waals surface area contributed by atoms with E-state index in [9.17, 15) is 14.9 Å². The predicted octanol–water partition coefficient (Wildman–Crippen LogP) is 3.87. The monoisotopic (exact) mass is 342 g/mol. The van der Waals surface area contributed by atoms with E-state index in [1.165, 1.54) is 12.1 Å². The second-order valence-electron chi connectivity index (χ2n) is 7.52. The topological polar surface area (TPSA) is 85.4 Å². The van der Waals surface area contributed by atoms with Crippen molar-refractivity contribution in [1.82, 2.24) is 5.32 Å². The zero-order chi connectivity index (χ0) is 18.2. The molecule has 1 unspecified atom stereocenters. The summed E-state index contributed by atoms with van der Waals surface area (Å²) in [6.07, 6.45) is 3.67. The Kier molecular flexibility index (Phi) is 4.37. The van der Waals surface area contributed by atoms with Crippen molar-refractivity contribution in [1.29, 1.82) is 0 Å². The predicted molar refractivity (Wildman–Crippen MR) is 93.2 cm³/mol. The molecule has 1 aliphatic carbocycles. The minimum atomic E-state index is -0.447. The summed E-state index contributed by atoms with van der Waals surface area (Å²) in [5, 5.41) is 13.8. The van der Waals surface area contributed by atoms with Gasteiger partial charge >= 0.3 is 0 Å². The second kappa shape index (κ2) is 6.35. The molecule has 0 spiro atoms. The van der Waals surface area contributed by atoms with Gasteiger partial charge in [-0.3, -0.25) is 14.9 Å². The van der Waals surface area contributed by atoms with Crippen molar-refractivity contribution < 1.29 is 14.1 Å². The van der Waals surface area contributed by atoms with Crippen LogP contribution in [0.15, 0.2) is 34.9 Å². The van der Waals surface area contributed by atoms with Crippen LogP contribution in [0.5, 0.6) is 0 Å². The van der Waals surface area contributed by atoms with Crippen LogP contribution in [0.1, 0.15) is 48.8 Å². The van der Waals surface area contributed by atoms with Gasteiger partial charge in [-0.2, -0.15) is 0 Å². The van der Waals surface area contributed by atoms with Gasteiger partial charge in [-0.1, -0.05) is 26.0 Å². The van der Waals surface area contributed by atoms with Crippen molar-refractivity contribution in [2.75, 3.05) is 0 Å². The summed E-state index contributed by atoms with van der Waals surface area (Å²) in [7, 11) is 0. The number of non-ortho nitro benzene ring substituents is 1. The number of rotatable bonds is 4. The molecule has 1 atom stereocenters. The lowest BCUT2D eigenvalue weighted by Crippen LogP contribution is -2.37. The van der Waals surface area contributed by atoms with Gasteiger partial charge in [0.25, 0.3) is 5.69 Å². The SMILES string of the molecule is Cc1coc2c1C(NC(=O)Cc1ccc([N+](=O)[O-])cc1)CC(C)(C)C2. The molecular formula is C19H22N2O4. The fourth-order valence-electron chi connectivity index (χ4n) is 3.56. The van der Waals surface area contributed by atoms with Crippen LogP contribution in [0.2, 0.25) is 0 Å². The van der Waals surface area contributed by atoms with Crippen LogP contribution in [0.25, 0.3) is 0 Å². The van der Waals surface area contributed by atoms with Gasteiger partial charge in [0, 0.05) is 24.1 Å². The molecular weight excluding hydrogens is 320 g/mol. The number of nitro benzene ring substituents is 1. The van der Waals surface area contributed by atoms with Crippen LogP contribution in [-0.2, 0) is 17.6 Å². The van der Waals surface area contributed by atoms with Crippen molar-refractivity contribution in [3.8, 4) is 0 Å². The summed E-state index contributed by atoms with van der Waals surface area (Å²) in [5.74, 6) is 0.859. The van der Waals surface area contributed by atoms with Crippen LogP contribution < -0.4 is 5.32 Å². The molecule has 0 saturated heterocycles. The Morgan fingerprint density at radius 1 is 1.36 bits per heavy atom. The van der Waals surface area contributed by atoms with Crippen LogP contribution >= 0.6 is 0 Å². The normalized spacial score (nSPS) is 18.4. The molecule has 1 amide bonds. The molecule has 0 fully saturated rings. The Bertz CT molecular complexity index is 805. The first-order chi connectivity index (χ1) is 11.7. The fourth-order valence-corrected chi connectivity index (χ4v) is 3.56. The number of hydrogen-bond donors (Lipinski definition) is 1. The smallest absolute Gasteiger partial charge is 0.269 e. The van der Waals surface area contributed by atoms with Gasteiger partial charge in [-0.15, -0.1) is 0 Å². The van der Waals surface area contributed by atoms with Gasteiger partial charge < -0.3 is 9.73 Å². The van der Waals surface area contributed by atoms with Crippen LogP contribution in [0, 0.1) is 22.5 Å². The maximum absolute atomic E-state index is 12.5. The highest BCUT2D eigenvalue weighted by molar-refractivity contribution is 5.79. The molecule has 1 N–H and O–H groups in total. The first-order valence-electron chi connectivity index (χ1n) is 8.35. The number of amides is 1. The van der Waals surface area contributed by atoms with Crippen molar-refractivity contribution >= 4 is 11.6 Å². The molecule has 0 aliphatic heterocycles. The van der Waals surface area contributed by atoms with E-state index < -0.39 is 4.92 Å². The molecule has 1 aromatic heterocycles. The minimum absolute atomic E-state index is 0.0249. The zero-order valence-corrected chi connectivity index (χ0v) is 14.7. The van der Waals surface area contributed by atoms with E-state index in [0.29, 0.717) is 0 Å². The number of carbonyl (C=O) groups excluding carboxylic acids is 1. The maximum atomic E-state index is 12.5. The third-order valence-electron chi connectivity index (χ3n) is 4.69. The molecule has 0 radical (unpaired) electrons. The number of carbonyl (C=O) groups is 1. The summed E-state index contributed by atoms with van der Waals surface area (Å²) in [5.41, 5.74) is 2.99. The molecule has 1 heterocycles. The molecule has 6 heteroatoms. The Morgan fingerprint density at radius 3 is 2.68 bits per heavy atom. The van der Waals surface area contributed by atoms with Gasteiger partial charge in [-0.25, -0.2) is 0 Å². The highest BCUT2D eigenvalue weighted by Crippen LogP contribution is 2.42. The van der Waals surface area contributed by atoms with Gasteiger partial charge in [0.05, 0.1) is 23.6 Å². The molecule has 1 aliphatic rings. The van der Waals surface area contributed by atoms with Gasteiger partial charge in [0.1, 0.15) is 5.76 Å². The molecule has 6 nitrogen and oxygen atoms in total. The molecule has 2 aromatic rings. The lowest BCUT2D eigenvalue weighted by molar-refractivity contribution is -0.384. The van der Waals surface area contributed by atoms with E-state index in [2.05, 4.69) is 19.2 Å². The Hall–Kier alpha value is -2.63. The van der Waals surface area contributed by atoms with Crippen LogP contribution in [0.4, 0.5) is 5.69 Å². The Morgan fingerprint density at radius 2 is 2.04 bits per heavy atom. The van der Waals surface area contributed by atoms with Crippen molar-refractivity contribution in [3.05, 3.63) is 63.1 Å². The van der Waals surface area contributed by atoms with E-state index in [1.807, 2.05) is 6.92 Å². The van der Waals surface area contributed by atoms with E-state index in [1.54, 1.807) is 18.4 Å². The summed E-state index contributed by atoms with van der Waals surface area (Å²) >= 11 is 0. The van der Waals surface area contributed by atoms with E-state index in [-0.39, 0.29) is 29.5 Å². The highest BCUT2D eigenvalue weighted by Gasteiger charge is 2.36. The number of furan rings is 1. The van der Waals surface area contributed by atoms with E-state index in [0.717, 1.165) is 35.3 Å².